The zero-order valence-electron chi connectivity index (χ0n) is 19.8. The molecule has 0 aromatic heterocycles. The third kappa shape index (κ3) is 6.43. The highest BCUT2D eigenvalue weighted by molar-refractivity contribution is 7.89. The van der Waals surface area contributed by atoms with Crippen molar-refractivity contribution in [3.63, 3.8) is 0 Å². The molecule has 2 fully saturated rings. The molecule has 0 N–H and O–H groups in total. The van der Waals surface area contributed by atoms with Gasteiger partial charge >= 0.3 is 0 Å². The van der Waals surface area contributed by atoms with Gasteiger partial charge in [0.05, 0.1) is 24.7 Å². The zero-order chi connectivity index (χ0) is 24.0. The summed E-state index contributed by atoms with van der Waals surface area (Å²) in [5.74, 6) is 0.110. The third-order valence-corrected chi connectivity index (χ3v) is 8.23. The molecule has 1 amide bonds. The van der Waals surface area contributed by atoms with Gasteiger partial charge in [-0.15, -0.1) is 0 Å². The number of morpholine rings is 1. The van der Waals surface area contributed by atoms with E-state index in [4.69, 9.17) is 4.74 Å². The summed E-state index contributed by atoms with van der Waals surface area (Å²) >= 11 is 0. The number of ether oxygens (including phenoxy) is 1. The number of carbonyl (C=O) groups is 1. The summed E-state index contributed by atoms with van der Waals surface area (Å²) in [5.41, 5.74) is 2.16. The molecule has 2 heterocycles. The van der Waals surface area contributed by atoms with Crippen molar-refractivity contribution in [2.45, 2.75) is 18.0 Å². The van der Waals surface area contributed by atoms with Gasteiger partial charge in [0.15, 0.2) is 0 Å². The maximum Gasteiger partial charge on any atom is 0.243 e. The van der Waals surface area contributed by atoms with E-state index in [-0.39, 0.29) is 5.91 Å². The molecule has 0 bridgehead atoms. The number of hydrogen-bond donors (Lipinski definition) is 0. The van der Waals surface area contributed by atoms with Crippen LogP contribution in [0.25, 0.3) is 0 Å². The Labute approximate surface area is 202 Å². The molecular formula is C25H34N4O4S. The van der Waals surface area contributed by atoms with E-state index in [9.17, 15) is 13.2 Å². The number of carbonyl (C=O) groups excluding carboxylic acids is 1. The molecule has 0 spiro atoms. The van der Waals surface area contributed by atoms with Gasteiger partial charge in [-0.3, -0.25) is 14.6 Å². The molecule has 2 aliphatic rings. The fourth-order valence-electron chi connectivity index (χ4n) is 4.44. The van der Waals surface area contributed by atoms with E-state index in [1.165, 1.54) is 9.87 Å². The number of rotatable bonds is 8. The van der Waals surface area contributed by atoms with Crippen LogP contribution in [0.5, 0.6) is 0 Å². The molecule has 0 saturated carbocycles. The van der Waals surface area contributed by atoms with Crippen LogP contribution in [0.3, 0.4) is 0 Å². The van der Waals surface area contributed by atoms with Crippen LogP contribution in [0, 0.1) is 0 Å². The predicted octanol–water partition coefficient (Wildman–Crippen LogP) is 1.48. The highest BCUT2D eigenvalue weighted by Crippen LogP contribution is 2.19. The van der Waals surface area contributed by atoms with Crippen molar-refractivity contribution in [2.75, 3.05) is 66.1 Å². The number of nitrogens with zero attached hydrogens (tertiary/aromatic N) is 4. The minimum absolute atomic E-state index is 0.110. The Balaban J connectivity index is 1.27. The van der Waals surface area contributed by atoms with Crippen molar-refractivity contribution in [1.82, 2.24) is 19.0 Å². The Bertz CT molecular complexity index is 1050. The van der Waals surface area contributed by atoms with Gasteiger partial charge in [0.25, 0.3) is 0 Å². The summed E-state index contributed by atoms with van der Waals surface area (Å²) in [7, 11) is -1.64. The quantitative estimate of drug-likeness (QED) is 0.563. The van der Waals surface area contributed by atoms with E-state index < -0.39 is 10.0 Å². The number of piperazine rings is 1. The molecule has 9 heteroatoms. The van der Waals surface area contributed by atoms with Crippen molar-refractivity contribution in [1.29, 1.82) is 0 Å². The normalized spacial score (nSPS) is 18.4. The Hall–Kier alpha value is -2.30. The molecule has 2 aliphatic heterocycles. The van der Waals surface area contributed by atoms with E-state index in [0.717, 1.165) is 38.3 Å². The predicted molar refractivity (Wildman–Crippen MR) is 131 cm³/mol. The van der Waals surface area contributed by atoms with E-state index in [1.54, 1.807) is 18.2 Å². The first kappa shape index (κ1) is 24.8. The summed E-state index contributed by atoms with van der Waals surface area (Å²) in [6.07, 6.45) is 0. The first-order valence-corrected chi connectivity index (χ1v) is 13.3. The second-order valence-corrected chi connectivity index (χ2v) is 10.9. The Morgan fingerprint density at radius 3 is 2.29 bits per heavy atom. The second kappa shape index (κ2) is 11.4. The Morgan fingerprint density at radius 1 is 0.912 bits per heavy atom. The maximum absolute atomic E-state index is 12.9. The fraction of sp³-hybridized carbons (Fsp3) is 0.480. The van der Waals surface area contributed by atoms with Crippen LogP contribution < -0.4 is 0 Å². The molecule has 34 heavy (non-hydrogen) atoms. The Kier molecular flexibility index (Phi) is 8.33. The molecule has 2 aromatic carbocycles. The summed E-state index contributed by atoms with van der Waals surface area (Å²) < 4.78 is 32.6. The topological polar surface area (TPSA) is 73.4 Å². The first-order chi connectivity index (χ1) is 16.4. The van der Waals surface area contributed by atoms with Crippen molar-refractivity contribution in [3.05, 3.63) is 65.7 Å². The Morgan fingerprint density at radius 2 is 1.59 bits per heavy atom. The molecule has 8 nitrogen and oxygen atoms in total. The van der Waals surface area contributed by atoms with Crippen LogP contribution in [0.4, 0.5) is 0 Å². The monoisotopic (exact) mass is 486 g/mol. The third-order valence-electron chi connectivity index (χ3n) is 6.34. The van der Waals surface area contributed by atoms with Crippen LogP contribution in [0.1, 0.15) is 11.1 Å². The summed E-state index contributed by atoms with van der Waals surface area (Å²) in [6, 6.07) is 17.4. The van der Waals surface area contributed by atoms with Gasteiger partial charge in [-0.2, -0.15) is 4.31 Å². The number of hydrogen-bond acceptors (Lipinski definition) is 6. The number of benzene rings is 2. The van der Waals surface area contributed by atoms with Gasteiger partial charge in [-0.1, -0.05) is 42.5 Å². The van der Waals surface area contributed by atoms with Crippen LogP contribution in [0.2, 0.25) is 0 Å². The van der Waals surface area contributed by atoms with E-state index in [2.05, 4.69) is 29.2 Å². The van der Waals surface area contributed by atoms with Crippen molar-refractivity contribution >= 4 is 15.9 Å². The van der Waals surface area contributed by atoms with Crippen LogP contribution >= 0.6 is 0 Å². The maximum atomic E-state index is 12.9. The van der Waals surface area contributed by atoms with Gasteiger partial charge in [0.1, 0.15) is 0 Å². The van der Waals surface area contributed by atoms with E-state index in [1.807, 2.05) is 29.0 Å². The molecule has 2 saturated heterocycles. The summed E-state index contributed by atoms with van der Waals surface area (Å²) in [4.78, 5) is 19.4. The number of amides is 1. The molecule has 0 unspecified atom stereocenters. The van der Waals surface area contributed by atoms with Crippen molar-refractivity contribution in [3.8, 4) is 0 Å². The molecule has 0 atom stereocenters. The molecule has 0 radical (unpaired) electrons. The lowest BCUT2D eigenvalue weighted by Gasteiger charge is -2.35. The van der Waals surface area contributed by atoms with Crippen LogP contribution in [-0.2, 0) is 32.6 Å². The lowest BCUT2D eigenvalue weighted by molar-refractivity contribution is -0.134. The van der Waals surface area contributed by atoms with Gasteiger partial charge < -0.3 is 9.64 Å². The molecule has 2 aromatic rings. The van der Waals surface area contributed by atoms with Gasteiger partial charge in [0.2, 0.25) is 15.9 Å². The average Bonchev–Trinajstić information content (AvgIpc) is 2.86. The summed E-state index contributed by atoms with van der Waals surface area (Å²) in [6.45, 7) is 6.50. The van der Waals surface area contributed by atoms with Crippen LogP contribution in [0.15, 0.2) is 59.5 Å². The lowest BCUT2D eigenvalue weighted by atomic mass is 10.2. The van der Waals surface area contributed by atoms with E-state index in [0.29, 0.717) is 44.3 Å². The smallest absolute Gasteiger partial charge is 0.243 e. The highest BCUT2D eigenvalue weighted by Gasteiger charge is 2.27. The second-order valence-electron chi connectivity index (χ2n) is 8.98. The average molecular weight is 487 g/mol. The minimum atomic E-state index is -3.53. The summed E-state index contributed by atoms with van der Waals surface area (Å²) in [5, 5.41) is 0. The molecule has 0 aliphatic carbocycles. The van der Waals surface area contributed by atoms with Crippen molar-refractivity contribution < 1.29 is 17.9 Å². The number of likely N-dealkylation sites (N-methyl/N-ethyl adjacent to an activating group) is 1. The van der Waals surface area contributed by atoms with Crippen LogP contribution in [-0.4, -0.2) is 99.4 Å². The first-order valence-electron chi connectivity index (χ1n) is 11.8. The fourth-order valence-corrected chi connectivity index (χ4v) is 5.91. The van der Waals surface area contributed by atoms with Gasteiger partial charge in [-0.05, 0) is 30.3 Å². The van der Waals surface area contributed by atoms with Gasteiger partial charge in [-0.25, -0.2) is 8.42 Å². The molecule has 184 valence electrons. The highest BCUT2D eigenvalue weighted by atomic mass is 32.2. The van der Waals surface area contributed by atoms with Crippen molar-refractivity contribution in [2.24, 2.45) is 0 Å². The minimum Gasteiger partial charge on any atom is -0.379 e. The molecule has 4 rings (SSSR count). The molecular weight excluding hydrogens is 452 g/mol. The van der Waals surface area contributed by atoms with E-state index >= 15 is 0 Å². The zero-order valence-corrected chi connectivity index (χ0v) is 20.6. The number of sulfonamides is 1. The lowest BCUT2D eigenvalue weighted by Crippen LogP contribution is -2.50. The SMILES string of the molecule is CN(CC(=O)N1CCN(Cc2ccccc2)CC1)Cc1cccc(S(=O)(=O)N2CCOCC2)c1. The standard InChI is InChI=1S/C25H34N4O4S/c1-26(19-23-8-5-9-24(18-23)34(31,32)29-14-16-33-17-15-29)21-25(30)28-12-10-27(11-13-28)20-22-6-3-2-4-7-22/h2-9,18H,10-17,19-21H2,1H3. The van der Waals surface area contributed by atoms with Gasteiger partial charge in [0, 0.05) is 52.4 Å². The largest absolute Gasteiger partial charge is 0.379 e.